The molecule has 3 rings (SSSR count). The molecular formula is C23H23N3O3. The Morgan fingerprint density at radius 1 is 1.07 bits per heavy atom. The Labute approximate surface area is 168 Å². The van der Waals surface area contributed by atoms with Gasteiger partial charge < -0.3 is 15.5 Å². The molecule has 1 unspecified atom stereocenters. The van der Waals surface area contributed by atoms with E-state index in [1.54, 1.807) is 31.4 Å². The first kappa shape index (κ1) is 20.1. The van der Waals surface area contributed by atoms with Gasteiger partial charge in [0.05, 0.1) is 5.71 Å². The quantitative estimate of drug-likeness (QED) is 0.385. The van der Waals surface area contributed by atoms with Gasteiger partial charge in [-0.05, 0) is 41.8 Å². The normalized spacial score (nSPS) is 12.6. The molecule has 0 aliphatic rings. The number of carbonyl (C=O) groups is 1. The van der Waals surface area contributed by atoms with Gasteiger partial charge in [-0.2, -0.15) is 0 Å². The predicted octanol–water partition coefficient (Wildman–Crippen LogP) is 3.19. The van der Waals surface area contributed by atoms with Crippen LogP contribution in [0, 0.1) is 6.92 Å². The molecule has 3 aromatic rings. The van der Waals surface area contributed by atoms with E-state index in [0.29, 0.717) is 23.3 Å². The zero-order valence-electron chi connectivity index (χ0n) is 16.4. The van der Waals surface area contributed by atoms with Gasteiger partial charge in [-0.25, -0.2) is 0 Å². The molecule has 0 saturated carbocycles. The maximum Gasteiger partial charge on any atom is 0.250 e. The minimum atomic E-state index is -0.480. The predicted molar refractivity (Wildman–Crippen MR) is 113 cm³/mol. The van der Waals surface area contributed by atoms with Crippen molar-refractivity contribution < 1.29 is 10.0 Å². The standard InChI is InChI=1S/C23H23N3O3/c1-15-5-3-4-6-19(15)20(16-7-9-17(10-8-16)23(24)28)13-21(25-29)18-11-12-22(27)26(2)14-18/h3-12,14,20,29H,13H2,1-2H3,(H2,24,28)/b25-21+. The van der Waals surface area contributed by atoms with Crippen LogP contribution in [0.4, 0.5) is 0 Å². The maximum atomic E-state index is 11.7. The molecule has 0 aliphatic heterocycles. The zero-order valence-corrected chi connectivity index (χ0v) is 16.4. The number of carbonyl (C=O) groups excluding carboxylic acids is 1. The summed E-state index contributed by atoms with van der Waals surface area (Å²) in [5, 5.41) is 13.2. The molecule has 1 aromatic heterocycles. The molecule has 0 aliphatic carbocycles. The Hall–Kier alpha value is -3.67. The van der Waals surface area contributed by atoms with Gasteiger partial charge in [-0.3, -0.25) is 9.59 Å². The summed E-state index contributed by atoms with van der Waals surface area (Å²) in [6.45, 7) is 2.03. The smallest absolute Gasteiger partial charge is 0.250 e. The minimum absolute atomic E-state index is 0.110. The van der Waals surface area contributed by atoms with E-state index in [1.165, 1.54) is 10.6 Å². The van der Waals surface area contributed by atoms with Gasteiger partial charge in [0.1, 0.15) is 0 Å². The number of aromatic nitrogens is 1. The number of pyridine rings is 1. The van der Waals surface area contributed by atoms with E-state index in [-0.39, 0.29) is 11.5 Å². The average Bonchev–Trinajstić information content (AvgIpc) is 2.72. The van der Waals surface area contributed by atoms with E-state index in [2.05, 4.69) is 5.16 Å². The van der Waals surface area contributed by atoms with Crippen molar-refractivity contribution in [2.75, 3.05) is 0 Å². The summed E-state index contributed by atoms with van der Waals surface area (Å²) in [6, 6.07) is 18.2. The third kappa shape index (κ3) is 4.43. The maximum absolute atomic E-state index is 11.7. The van der Waals surface area contributed by atoms with Crippen LogP contribution in [0.25, 0.3) is 0 Å². The summed E-state index contributed by atoms with van der Waals surface area (Å²) in [4.78, 5) is 23.1. The van der Waals surface area contributed by atoms with E-state index in [9.17, 15) is 14.8 Å². The fraction of sp³-hybridized carbons (Fsp3) is 0.174. The van der Waals surface area contributed by atoms with Crippen LogP contribution in [-0.4, -0.2) is 21.4 Å². The lowest BCUT2D eigenvalue weighted by Gasteiger charge is -2.21. The largest absolute Gasteiger partial charge is 0.411 e. The molecule has 0 radical (unpaired) electrons. The minimum Gasteiger partial charge on any atom is -0.411 e. The first-order valence-electron chi connectivity index (χ1n) is 9.24. The lowest BCUT2D eigenvalue weighted by Crippen LogP contribution is -2.18. The molecular weight excluding hydrogens is 366 g/mol. The molecule has 29 heavy (non-hydrogen) atoms. The average molecular weight is 389 g/mol. The highest BCUT2D eigenvalue weighted by molar-refractivity contribution is 6.00. The summed E-state index contributed by atoms with van der Waals surface area (Å²) in [5.41, 5.74) is 9.96. The highest BCUT2D eigenvalue weighted by Gasteiger charge is 2.21. The van der Waals surface area contributed by atoms with Crippen LogP contribution in [-0.2, 0) is 7.05 Å². The number of nitrogens with zero attached hydrogens (tertiary/aromatic N) is 2. The van der Waals surface area contributed by atoms with E-state index < -0.39 is 5.91 Å². The van der Waals surface area contributed by atoms with E-state index in [0.717, 1.165) is 16.7 Å². The number of primary amides is 1. The van der Waals surface area contributed by atoms with Gasteiger partial charge in [0.25, 0.3) is 0 Å². The number of oxime groups is 1. The lowest BCUT2D eigenvalue weighted by atomic mass is 9.83. The number of hydrogen-bond acceptors (Lipinski definition) is 4. The van der Waals surface area contributed by atoms with Gasteiger partial charge in [0.15, 0.2) is 0 Å². The van der Waals surface area contributed by atoms with Crippen LogP contribution in [0.15, 0.2) is 76.8 Å². The Balaban J connectivity index is 2.05. The second-order valence-electron chi connectivity index (χ2n) is 7.01. The van der Waals surface area contributed by atoms with Crippen LogP contribution in [0.5, 0.6) is 0 Å². The first-order chi connectivity index (χ1) is 13.9. The molecule has 3 N–H and O–H groups in total. The van der Waals surface area contributed by atoms with Crippen LogP contribution in [0.1, 0.15) is 45.0 Å². The molecule has 0 bridgehead atoms. The third-order valence-corrected chi connectivity index (χ3v) is 5.10. The Kier molecular flexibility index (Phi) is 5.93. The van der Waals surface area contributed by atoms with Crippen LogP contribution in [0.2, 0.25) is 0 Å². The Morgan fingerprint density at radius 3 is 2.31 bits per heavy atom. The molecule has 0 spiro atoms. The number of benzene rings is 2. The van der Waals surface area contributed by atoms with Crippen molar-refractivity contribution in [1.29, 1.82) is 0 Å². The first-order valence-corrected chi connectivity index (χ1v) is 9.24. The van der Waals surface area contributed by atoms with Crippen LogP contribution < -0.4 is 11.3 Å². The van der Waals surface area contributed by atoms with E-state index in [1.807, 2.05) is 43.3 Å². The molecule has 6 heteroatoms. The molecule has 148 valence electrons. The van der Waals surface area contributed by atoms with Crippen molar-refractivity contribution in [2.45, 2.75) is 19.3 Å². The van der Waals surface area contributed by atoms with Gasteiger partial charge >= 0.3 is 0 Å². The van der Waals surface area contributed by atoms with Crippen LogP contribution >= 0.6 is 0 Å². The third-order valence-electron chi connectivity index (χ3n) is 5.10. The number of nitrogens with two attached hydrogens (primary N) is 1. The summed E-state index contributed by atoms with van der Waals surface area (Å²) < 4.78 is 1.45. The second-order valence-corrected chi connectivity index (χ2v) is 7.01. The van der Waals surface area contributed by atoms with Crippen molar-refractivity contribution in [2.24, 2.45) is 17.9 Å². The second kappa shape index (κ2) is 8.56. The van der Waals surface area contributed by atoms with Crippen molar-refractivity contribution in [3.05, 3.63) is 105 Å². The number of hydrogen-bond donors (Lipinski definition) is 2. The van der Waals surface area contributed by atoms with Gasteiger partial charge in [-0.1, -0.05) is 41.6 Å². The SMILES string of the molecule is Cc1ccccc1C(C/C(=N\O)c1ccc(=O)n(C)c1)c1ccc(C(N)=O)cc1. The topological polar surface area (TPSA) is 97.7 Å². The van der Waals surface area contributed by atoms with E-state index >= 15 is 0 Å². The fourth-order valence-corrected chi connectivity index (χ4v) is 3.44. The summed E-state index contributed by atoms with van der Waals surface area (Å²) in [7, 11) is 1.65. The fourth-order valence-electron chi connectivity index (χ4n) is 3.44. The summed E-state index contributed by atoms with van der Waals surface area (Å²) in [6.07, 6.45) is 2.07. The highest BCUT2D eigenvalue weighted by atomic mass is 16.4. The molecule has 2 aromatic carbocycles. The van der Waals surface area contributed by atoms with Crippen molar-refractivity contribution in [3.63, 3.8) is 0 Å². The highest BCUT2D eigenvalue weighted by Crippen LogP contribution is 2.32. The van der Waals surface area contributed by atoms with Crippen molar-refractivity contribution in [1.82, 2.24) is 4.57 Å². The van der Waals surface area contributed by atoms with Crippen molar-refractivity contribution >= 4 is 11.6 Å². The monoisotopic (exact) mass is 389 g/mol. The number of aryl methyl sites for hydroxylation is 2. The Bertz CT molecular complexity index is 1110. The van der Waals surface area contributed by atoms with Crippen LogP contribution in [0.3, 0.4) is 0 Å². The molecule has 1 heterocycles. The number of amides is 1. The van der Waals surface area contributed by atoms with Gasteiger partial charge in [0, 0.05) is 42.8 Å². The molecule has 1 atom stereocenters. The van der Waals surface area contributed by atoms with E-state index in [4.69, 9.17) is 5.73 Å². The van der Waals surface area contributed by atoms with Crippen molar-refractivity contribution in [3.8, 4) is 0 Å². The molecule has 6 nitrogen and oxygen atoms in total. The number of rotatable bonds is 6. The molecule has 0 fully saturated rings. The molecule has 1 amide bonds. The van der Waals surface area contributed by atoms with Gasteiger partial charge in [-0.15, -0.1) is 0 Å². The van der Waals surface area contributed by atoms with Gasteiger partial charge in [0.2, 0.25) is 11.5 Å². The summed E-state index contributed by atoms with van der Waals surface area (Å²) >= 11 is 0. The summed E-state index contributed by atoms with van der Waals surface area (Å²) in [5.74, 6) is -0.590. The zero-order chi connectivity index (χ0) is 21.0. The molecule has 0 saturated heterocycles. The lowest BCUT2D eigenvalue weighted by molar-refractivity contribution is 0.100. The Morgan fingerprint density at radius 2 is 1.72 bits per heavy atom.